The van der Waals surface area contributed by atoms with Gasteiger partial charge in [0.25, 0.3) is 0 Å². The SMILES string of the molecule is C=CC(=O)Nc1cc(Nc2cc(N3OCC[C@@H]3c3cccc(C(F)(F)F)c3)ncn2)c(OC)cc1N1C[C@H]2C[C@@H]1CO2. The average Bonchev–Trinajstić information content (AvgIpc) is 3.75. The molecule has 1 amide bonds. The average molecular weight is 583 g/mol. The molecule has 0 radical (unpaired) electrons. The van der Waals surface area contributed by atoms with Crippen LogP contribution < -0.4 is 25.3 Å². The maximum atomic E-state index is 13.3. The summed E-state index contributed by atoms with van der Waals surface area (Å²) in [6.45, 7) is 5.20. The Morgan fingerprint density at radius 3 is 2.76 bits per heavy atom. The number of methoxy groups -OCH3 is 1. The van der Waals surface area contributed by atoms with Crippen molar-refractivity contribution in [1.29, 1.82) is 0 Å². The first kappa shape index (κ1) is 27.8. The van der Waals surface area contributed by atoms with E-state index in [0.717, 1.165) is 24.2 Å². The van der Waals surface area contributed by atoms with Gasteiger partial charge in [0.1, 0.15) is 17.9 Å². The number of alkyl halides is 3. The van der Waals surface area contributed by atoms with Gasteiger partial charge >= 0.3 is 6.18 Å². The number of hydrogen-bond acceptors (Lipinski definition) is 9. The number of aromatic nitrogens is 2. The summed E-state index contributed by atoms with van der Waals surface area (Å²) in [4.78, 5) is 29.0. The van der Waals surface area contributed by atoms with Gasteiger partial charge in [-0.15, -0.1) is 0 Å². The van der Waals surface area contributed by atoms with Crippen molar-refractivity contribution in [2.24, 2.45) is 0 Å². The Hall–Kier alpha value is -4.36. The Labute approximate surface area is 240 Å². The molecular weight excluding hydrogens is 553 g/mol. The second kappa shape index (κ2) is 11.1. The summed E-state index contributed by atoms with van der Waals surface area (Å²) in [5, 5.41) is 7.62. The van der Waals surface area contributed by atoms with E-state index in [2.05, 4.69) is 32.1 Å². The number of carbonyl (C=O) groups excluding carboxylic acids is 1. The molecule has 0 unspecified atom stereocenters. The van der Waals surface area contributed by atoms with E-state index in [9.17, 15) is 18.0 Å². The Morgan fingerprint density at radius 2 is 2.05 bits per heavy atom. The lowest BCUT2D eigenvalue weighted by atomic mass is 10.0. The van der Waals surface area contributed by atoms with Crippen LogP contribution in [-0.2, 0) is 20.5 Å². The van der Waals surface area contributed by atoms with E-state index in [1.54, 1.807) is 25.3 Å². The zero-order valence-corrected chi connectivity index (χ0v) is 22.7. The number of hydroxylamine groups is 1. The molecule has 4 heterocycles. The van der Waals surface area contributed by atoms with E-state index in [1.807, 2.05) is 6.07 Å². The lowest BCUT2D eigenvalue weighted by Gasteiger charge is -2.31. The monoisotopic (exact) mass is 582 g/mol. The number of nitrogens with one attached hydrogen (secondary N) is 2. The number of halogens is 3. The third-order valence-electron chi connectivity index (χ3n) is 7.62. The van der Waals surface area contributed by atoms with Crippen molar-refractivity contribution in [3.63, 3.8) is 0 Å². The number of nitrogens with zero attached hydrogens (tertiary/aromatic N) is 4. The number of benzene rings is 2. The van der Waals surface area contributed by atoms with Crippen LogP contribution in [0.2, 0.25) is 0 Å². The first-order chi connectivity index (χ1) is 20.2. The van der Waals surface area contributed by atoms with Crippen molar-refractivity contribution in [2.75, 3.05) is 47.5 Å². The third-order valence-corrected chi connectivity index (χ3v) is 7.62. The van der Waals surface area contributed by atoms with E-state index >= 15 is 0 Å². The van der Waals surface area contributed by atoms with Gasteiger partial charge in [-0.3, -0.25) is 9.63 Å². The molecule has 13 heteroatoms. The van der Waals surface area contributed by atoms with E-state index in [4.69, 9.17) is 14.3 Å². The second-order valence-electron chi connectivity index (χ2n) is 10.2. The Bertz CT molecular complexity index is 1500. The molecule has 1 aromatic heterocycles. The van der Waals surface area contributed by atoms with Gasteiger partial charge in [0.2, 0.25) is 5.91 Å². The molecule has 0 saturated carbocycles. The summed E-state index contributed by atoms with van der Waals surface area (Å²) < 4.78 is 51.5. The van der Waals surface area contributed by atoms with Crippen LogP contribution in [0.5, 0.6) is 5.75 Å². The number of morpholine rings is 1. The summed E-state index contributed by atoms with van der Waals surface area (Å²) in [5.74, 6) is 0.920. The van der Waals surface area contributed by atoms with E-state index in [-0.39, 0.29) is 18.1 Å². The van der Waals surface area contributed by atoms with Crippen molar-refractivity contribution in [3.8, 4) is 5.75 Å². The highest BCUT2D eigenvalue weighted by Crippen LogP contribution is 2.43. The number of rotatable bonds is 8. The molecule has 2 bridgehead atoms. The van der Waals surface area contributed by atoms with Crippen molar-refractivity contribution in [2.45, 2.75) is 37.2 Å². The van der Waals surface area contributed by atoms with Crippen molar-refractivity contribution in [1.82, 2.24) is 9.97 Å². The minimum atomic E-state index is -4.45. The highest BCUT2D eigenvalue weighted by molar-refractivity contribution is 6.02. The van der Waals surface area contributed by atoms with Crippen LogP contribution in [0.4, 0.5) is 41.9 Å². The number of carbonyl (C=O) groups is 1. The number of anilines is 5. The predicted octanol–water partition coefficient (Wildman–Crippen LogP) is 5.23. The molecule has 3 saturated heterocycles. The van der Waals surface area contributed by atoms with Crippen LogP contribution in [0.25, 0.3) is 0 Å². The lowest BCUT2D eigenvalue weighted by Crippen LogP contribution is -2.37. The summed E-state index contributed by atoms with van der Waals surface area (Å²) >= 11 is 0. The fraction of sp³-hybridized carbons (Fsp3) is 0.345. The topological polar surface area (TPSA) is 101 Å². The minimum Gasteiger partial charge on any atom is -0.494 e. The van der Waals surface area contributed by atoms with Crippen LogP contribution >= 0.6 is 0 Å². The van der Waals surface area contributed by atoms with Crippen LogP contribution in [0.3, 0.4) is 0 Å². The van der Waals surface area contributed by atoms with Crippen LogP contribution in [-0.4, -0.2) is 54.9 Å². The summed E-state index contributed by atoms with van der Waals surface area (Å²) in [5.41, 5.74) is 1.65. The fourth-order valence-corrected chi connectivity index (χ4v) is 5.65. The second-order valence-corrected chi connectivity index (χ2v) is 10.2. The molecule has 2 N–H and O–H groups in total. The zero-order valence-electron chi connectivity index (χ0n) is 22.7. The van der Waals surface area contributed by atoms with Gasteiger partial charge in [0.05, 0.1) is 61.1 Å². The number of amides is 1. The van der Waals surface area contributed by atoms with Gasteiger partial charge in [0, 0.05) is 25.1 Å². The number of ether oxygens (including phenoxy) is 2. The smallest absolute Gasteiger partial charge is 0.416 e. The van der Waals surface area contributed by atoms with Gasteiger partial charge in [0.15, 0.2) is 5.82 Å². The van der Waals surface area contributed by atoms with Crippen LogP contribution in [0.1, 0.15) is 30.0 Å². The first-order valence-electron chi connectivity index (χ1n) is 13.5. The van der Waals surface area contributed by atoms with Gasteiger partial charge < -0.3 is 25.0 Å². The maximum absolute atomic E-state index is 13.3. The van der Waals surface area contributed by atoms with Gasteiger partial charge in [-0.2, -0.15) is 13.2 Å². The number of fused-ring (bicyclic) bond motifs is 2. The predicted molar refractivity (Wildman–Crippen MR) is 150 cm³/mol. The largest absolute Gasteiger partial charge is 0.494 e. The molecule has 42 heavy (non-hydrogen) atoms. The normalized spacial score (nSPS) is 21.5. The molecule has 3 aliphatic rings. The molecule has 0 aliphatic carbocycles. The quantitative estimate of drug-likeness (QED) is 0.346. The van der Waals surface area contributed by atoms with E-state index in [0.29, 0.717) is 60.5 Å². The molecule has 220 valence electrons. The van der Waals surface area contributed by atoms with E-state index in [1.165, 1.54) is 23.5 Å². The molecule has 6 rings (SSSR count). The van der Waals surface area contributed by atoms with Crippen LogP contribution in [0, 0.1) is 0 Å². The van der Waals surface area contributed by atoms with Crippen molar-refractivity contribution >= 4 is 34.6 Å². The molecular formula is C29H29F3N6O4. The maximum Gasteiger partial charge on any atom is 0.416 e. The van der Waals surface area contributed by atoms with Crippen LogP contribution in [0.15, 0.2) is 61.4 Å². The van der Waals surface area contributed by atoms with Gasteiger partial charge in [-0.25, -0.2) is 15.0 Å². The van der Waals surface area contributed by atoms with Crippen molar-refractivity contribution in [3.05, 3.63) is 72.6 Å². The first-order valence-corrected chi connectivity index (χ1v) is 13.5. The Kier molecular flexibility index (Phi) is 7.37. The van der Waals surface area contributed by atoms with Crippen molar-refractivity contribution < 1.29 is 32.3 Å². The molecule has 3 atom stereocenters. The fourth-order valence-electron chi connectivity index (χ4n) is 5.65. The molecule has 0 spiro atoms. The Balaban J connectivity index is 1.29. The minimum absolute atomic E-state index is 0.147. The lowest BCUT2D eigenvalue weighted by molar-refractivity contribution is -0.137. The number of hydrogen-bond donors (Lipinski definition) is 2. The third kappa shape index (κ3) is 5.44. The van der Waals surface area contributed by atoms with Gasteiger partial charge in [-0.05, 0) is 36.3 Å². The molecule has 3 aliphatic heterocycles. The zero-order chi connectivity index (χ0) is 29.4. The molecule has 2 aromatic carbocycles. The molecule has 3 aromatic rings. The molecule has 10 nitrogen and oxygen atoms in total. The summed E-state index contributed by atoms with van der Waals surface area (Å²) in [6.07, 6.45) is -0.361. The summed E-state index contributed by atoms with van der Waals surface area (Å²) in [6, 6.07) is 10.2. The highest BCUT2D eigenvalue weighted by atomic mass is 19.4. The van der Waals surface area contributed by atoms with Gasteiger partial charge in [-0.1, -0.05) is 18.7 Å². The molecule has 3 fully saturated rings. The highest BCUT2D eigenvalue weighted by Gasteiger charge is 2.40. The summed E-state index contributed by atoms with van der Waals surface area (Å²) in [7, 11) is 1.55. The Morgan fingerprint density at radius 1 is 1.19 bits per heavy atom. The standard InChI is InChI=1S/C29H29F3N6O4/c1-3-28(39)36-21-11-22(25(40-2)12-24(21)37-14-20-10-19(37)15-41-20)35-26-13-27(34-16-33-26)38-23(7-8-42-38)17-5-4-6-18(9-17)29(30,31)32/h3-6,9,11-13,16,19-20,23H,1,7-8,10,14-15H2,2H3,(H,36,39)(H,33,34,35)/t19-,20-,23-/m1/s1. The van der Waals surface area contributed by atoms with E-state index < -0.39 is 17.8 Å².